The van der Waals surface area contributed by atoms with E-state index in [1.165, 1.54) is 16.1 Å². The molecule has 14 aromatic rings. The highest BCUT2D eigenvalue weighted by atomic mass is 33.2. The third-order valence-electron chi connectivity index (χ3n) is 23.7. The van der Waals surface area contributed by atoms with Gasteiger partial charge in [-0.3, -0.25) is 13.9 Å². The Morgan fingerprint density at radius 3 is 0.847 bits per heavy atom. The molecule has 0 amide bonds. The van der Waals surface area contributed by atoms with Crippen molar-refractivity contribution in [3.63, 3.8) is 0 Å². The molecule has 676 valence electrons. The van der Waals surface area contributed by atoms with E-state index in [1.54, 1.807) is 59.9 Å². The number of ether oxygens (including phenoxy) is 8. The Labute approximate surface area is 786 Å². The second-order valence-corrected chi connectivity index (χ2v) is 68.2. The zero-order valence-corrected chi connectivity index (χ0v) is 83.8. The van der Waals surface area contributed by atoms with Gasteiger partial charge in [0.2, 0.25) is 0 Å². The number of aliphatic hydroxyl groups is 1. The van der Waals surface area contributed by atoms with Crippen molar-refractivity contribution in [2.24, 2.45) is 11.8 Å². The fraction of sp³-hybridized carbons (Fsp3) is 0.214. The van der Waals surface area contributed by atoms with E-state index in [2.05, 4.69) is 118 Å². The molecule has 0 bridgehead atoms. The summed E-state index contributed by atoms with van der Waals surface area (Å²) in [7, 11) is 24.2. The third-order valence-corrected chi connectivity index (χ3v) is 73.3. The third kappa shape index (κ3) is 21.7. The number of carbonyl (C=O) groups is 1. The van der Waals surface area contributed by atoms with Crippen LogP contribution >= 0.6 is 81.5 Å². The van der Waals surface area contributed by atoms with E-state index in [-0.39, 0.29) is 47.1 Å². The minimum atomic E-state index is -1.19. The number of aliphatic hydroxyl groups excluding tert-OH is 1. The Morgan fingerprint density at radius 1 is 0.374 bits per heavy atom. The molecule has 3 N–H and O–H groups in total. The summed E-state index contributed by atoms with van der Waals surface area (Å²) in [6, 6.07) is 115. The number of anilines is 2. The first-order valence-corrected chi connectivity index (χ1v) is 59.5. The van der Waals surface area contributed by atoms with E-state index >= 15 is 0 Å². The molecule has 4 heterocycles. The zero-order chi connectivity index (χ0) is 91.7. The van der Waals surface area contributed by atoms with Crippen LogP contribution in [0.3, 0.4) is 0 Å². The standard InChI is InChI=1S/C51H49N3O6.C51H47N3O6.CH4.H12P10/c2*1-35-46(36(2)55)59-48(47(35)60-51(40-21-13-7-14-22-40,41-23-15-8-16-24-41)42-27-31-44(58-4)32-28-42)54-34-33-45(52-49(54)56)53-50(37-17-9-5-10-18-37,38-19-11-6-12-20-38)39-25-29-43(57-3)30-26-39;;1-7(2)10(8(3)4)9(5)6/h5-36,46-48,55H,1-4H3,(H,52,53,56);5-35,46-48H,1-4H3,(H,52,53,56);1H4;1-6H2/t35-,36-,46+,47+,48-;35-,46+,47+,48-;;/m11../s1. The molecule has 2 aromatic heterocycles. The topological polar surface area (TPSA) is 205 Å². The Hall–Kier alpha value is -9.03. The maximum absolute atomic E-state index is 14.6. The molecular formula is C103H112N6O12P10. The average Bonchev–Trinajstić information content (AvgIpc) is 1.74. The first kappa shape index (κ1) is 99.4. The van der Waals surface area contributed by atoms with Crippen LogP contribution in [0.2, 0.25) is 0 Å². The summed E-state index contributed by atoms with van der Waals surface area (Å²) in [5.74, 6) is 2.57. The van der Waals surface area contributed by atoms with Crippen molar-refractivity contribution in [3.8, 4) is 23.0 Å². The Balaban J connectivity index is 0.000000200. The Bertz CT molecular complexity index is 5910. The summed E-state index contributed by atoms with van der Waals surface area (Å²) < 4.78 is 53.4. The number of benzene rings is 12. The first-order valence-electron chi connectivity index (χ1n) is 42.3. The summed E-state index contributed by atoms with van der Waals surface area (Å²) >= 11 is 0. The highest BCUT2D eigenvalue weighted by Gasteiger charge is 2.54. The number of carbonyl (C=O) groups excluding carboxylic acids is 1. The number of nitrogens with zero attached hydrogens (tertiary/aromatic N) is 4. The molecule has 131 heavy (non-hydrogen) atoms. The van der Waals surface area contributed by atoms with Crippen molar-refractivity contribution in [3.05, 3.63) is 452 Å². The van der Waals surface area contributed by atoms with Gasteiger partial charge in [-0.1, -0.05) is 312 Å². The van der Waals surface area contributed by atoms with E-state index < -0.39 is 82.6 Å². The molecule has 12 aromatic carbocycles. The van der Waals surface area contributed by atoms with Crippen LogP contribution in [0.15, 0.2) is 374 Å². The summed E-state index contributed by atoms with van der Waals surface area (Å²) in [4.78, 5) is 51.7. The van der Waals surface area contributed by atoms with Crippen LogP contribution in [0.4, 0.5) is 11.6 Å². The Morgan fingerprint density at radius 2 is 0.611 bits per heavy atom. The van der Waals surface area contributed by atoms with E-state index in [9.17, 15) is 19.5 Å². The second kappa shape index (κ2) is 45.8. The van der Waals surface area contributed by atoms with E-state index in [0.717, 1.165) is 78.3 Å². The SMILES string of the molecule is C.COc1ccc(C(Nc2ccn([C@@H]3O[C@H](C(C)=O)[C@@H](C)[C@@H]3OC(c3ccccc3)(c3ccccc3)c3ccc(OC)cc3)c(=O)n2)(c2ccccc2)c2ccccc2)cc1.COc1ccc(C(Nc2ccn([C@@H]3O[C@H]([C@@H](C)O)[C@@H](C)[C@@H]3OC(c3ccccc3)(c3ccccc3)c3ccc(OC)cc3)c(=O)n2)(c2ccccc2)c2ccccc2)cc1.PP(P)P(P(P)P)P(P)P. The predicted octanol–water partition coefficient (Wildman–Crippen LogP) is 24.2. The summed E-state index contributed by atoms with van der Waals surface area (Å²) in [5, 5.41) is 18.5. The van der Waals surface area contributed by atoms with Crippen LogP contribution in [0.25, 0.3) is 0 Å². The molecule has 6 unspecified atom stereocenters. The van der Waals surface area contributed by atoms with Crippen molar-refractivity contribution < 1.29 is 47.8 Å². The quantitative estimate of drug-likeness (QED) is 0.0273. The molecule has 0 saturated carbocycles. The lowest BCUT2D eigenvalue weighted by atomic mass is 9.77. The summed E-state index contributed by atoms with van der Waals surface area (Å²) in [6.07, 6.45) is -2.48. The summed E-state index contributed by atoms with van der Waals surface area (Å²) in [5.41, 5.74) is 5.40. The van der Waals surface area contributed by atoms with E-state index in [1.807, 2.05) is 305 Å². The highest BCUT2D eigenvalue weighted by Crippen LogP contribution is 3.10. The van der Waals surface area contributed by atoms with Gasteiger partial charge in [0.05, 0.1) is 40.6 Å². The Kier molecular flexibility index (Phi) is 34.8. The molecule has 15 atom stereocenters. The molecule has 2 aliphatic heterocycles. The average molecular weight is 1940 g/mol. The van der Waals surface area contributed by atoms with Crippen LogP contribution in [0.1, 0.15) is 114 Å². The van der Waals surface area contributed by atoms with Crippen molar-refractivity contribution in [2.75, 3.05) is 39.1 Å². The number of aromatic nitrogens is 4. The van der Waals surface area contributed by atoms with Crippen molar-refractivity contribution in [1.82, 2.24) is 19.1 Å². The zero-order valence-electron chi connectivity index (χ0n) is 73.3. The van der Waals surface area contributed by atoms with Gasteiger partial charge in [0.1, 0.15) is 75.2 Å². The van der Waals surface area contributed by atoms with Crippen molar-refractivity contribution >= 4 is 98.9 Å². The lowest BCUT2D eigenvalue weighted by molar-refractivity contribution is -0.134. The second-order valence-electron chi connectivity index (χ2n) is 31.5. The minimum Gasteiger partial charge on any atom is -0.497 e. The minimum absolute atomic E-state index is 0. The molecular weight excluding hydrogens is 1820 g/mol. The largest absolute Gasteiger partial charge is 0.497 e. The monoisotopic (exact) mass is 1930 g/mol. The van der Waals surface area contributed by atoms with Crippen LogP contribution in [0, 0.1) is 11.8 Å². The number of methoxy groups -OCH3 is 4. The molecule has 28 heteroatoms. The highest BCUT2D eigenvalue weighted by molar-refractivity contribution is 9.16. The molecule has 2 fully saturated rings. The van der Waals surface area contributed by atoms with Crippen LogP contribution < -0.4 is 41.0 Å². The molecule has 2 aliphatic rings. The molecule has 0 radical (unpaired) electrons. The number of ketones is 1. The smallest absolute Gasteiger partial charge is 0.351 e. The normalized spacial score (nSPS) is 17.5. The molecule has 0 spiro atoms. The van der Waals surface area contributed by atoms with E-state index in [4.69, 9.17) is 42.9 Å². The van der Waals surface area contributed by atoms with Crippen LogP contribution in [-0.2, 0) is 46.0 Å². The molecule has 16 rings (SSSR count). The predicted molar refractivity (Wildman–Crippen MR) is 558 cm³/mol. The van der Waals surface area contributed by atoms with Gasteiger partial charge in [0.25, 0.3) is 0 Å². The van der Waals surface area contributed by atoms with Crippen molar-refractivity contribution in [2.45, 2.75) is 100 Å². The van der Waals surface area contributed by atoms with Gasteiger partial charge in [-0.2, -0.15) is 9.97 Å². The fourth-order valence-electron chi connectivity index (χ4n) is 17.5. The lowest BCUT2D eigenvalue weighted by Gasteiger charge is -2.40. The van der Waals surface area contributed by atoms with E-state index in [0.29, 0.717) is 23.1 Å². The fourth-order valence-corrected chi connectivity index (χ4v) is 104. The summed E-state index contributed by atoms with van der Waals surface area (Å²) in [6.45, 7) is 7.76. The number of rotatable bonds is 31. The maximum Gasteiger partial charge on any atom is 0.351 e. The van der Waals surface area contributed by atoms with Crippen LogP contribution in [-0.4, -0.2) is 89.0 Å². The molecule has 0 aliphatic carbocycles. The van der Waals surface area contributed by atoms with Gasteiger partial charge in [0.15, 0.2) is 18.2 Å². The molecule has 18 nitrogen and oxygen atoms in total. The number of hydrogen-bond acceptors (Lipinski definition) is 16. The number of hydrogen-bond donors (Lipinski definition) is 3. The van der Waals surface area contributed by atoms with Crippen LogP contribution in [0.5, 0.6) is 23.0 Å². The van der Waals surface area contributed by atoms with Gasteiger partial charge in [-0.25, -0.2) is 9.59 Å². The van der Waals surface area contributed by atoms with Gasteiger partial charge >= 0.3 is 11.4 Å². The van der Waals surface area contributed by atoms with Crippen molar-refractivity contribution in [1.29, 1.82) is 0 Å². The molecule has 2 saturated heterocycles. The lowest BCUT2D eigenvalue weighted by Crippen LogP contribution is -2.43. The number of Topliss-reactive ketones (excluding diaryl/α,β-unsaturated/α-hetero) is 1. The van der Waals surface area contributed by atoms with Gasteiger partial charge < -0.3 is 53.6 Å². The maximum atomic E-state index is 14.6. The first-order chi connectivity index (χ1) is 63.0. The van der Waals surface area contributed by atoms with Gasteiger partial charge in [0, 0.05) is 24.2 Å². The van der Waals surface area contributed by atoms with Gasteiger partial charge in [-0.15, -0.1) is 53.6 Å². The van der Waals surface area contributed by atoms with Gasteiger partial charge in [-0.05, 0) is 169 Å². The number of nitrogens with one attached hydrogen (secondary N) is 2.